The predicted molar refractivity (Wildman–Crippen MR) is 166 cm³/mol. The van der Waals surface area contributed by atoms with Crippen LogP contribution in [0.1, 0.15) is 62.4 Å². The summed E-state index contributed by atoms with van der Waals surface area (Å²) in [6, 6.07) is 10.5. The standard InChI is InChI=1S/C31H33F3N4O6S2/c1-19(2)24-8-6-23(17-27(24)45(40,41)31(32,33)34)46(42,43)37-29(39)25-7-5-21(38-13-10-30(3,4)11-14-38)16-26(25)44-22-15-20-9-12-35-28(20)36-18-22/h5-9,12,15-19H,10-11,13-14H2,1-4H3,(H,35,36)(H,37,39). The maximum atomic E-state index is 13.5. The summed E-state index contributed by atoms with van der Waals surface area (Å²) in [6.07, 6.45) is 4.99. The fourth-order valence-electron chi connectivity index (χ4n) is 5.20. The number of sulfone groups is 1. The van der Waals surface area contributed by atoms with Crippen LogP contribution >= 0.6 is 0 Å². The molecule has 1 aliphatic rings. The van der Waals surface area contributed by atoms with Crippen LogP contribution in [0.4, 0.5) is 18.9 Å². The molecule has 2 aromatic heterocycles. The van der Waals surface area contributed by atoms with Crippen LogP contribution in [0.2, 0.25) is 0 Å². The molecule has 0 atom stereocenters. The number of carbonyl (C=O) groups is 1. The lowest BCUT2D eigenvalue weighted by atomic mass is 9.82. The molecule has 3 heterocycles. The quantitative estimate of drug-likeness (QED) is 0.215. The first-order valence-electron chi connectivity index (χ1n) is 14.4. The number of hydrogen-bond donors (Lipinski definition) is 2. The number of carbonyl (C=O) groups excluding carboxylic acids is 1. The molecular weight excluding hydrogens is 645 g/mol. The van der Waals surface area contributed by atoms with Crippen molar-refractivity contribution in [3.63, 3.8) is 0 Å². The first-order chi connectivity index (χ1) is 21.4. The van der Waals surface area contributed by atoms with E-state index >= 15 is 0 Å². The van der Waals surface area contributed by atoms with E-state index in [4.69, 9.17) is 4.74 Å². The van der Waals surface area contributed by atoms with E-state index in [9.17, 15) is 34.8 Å². The minimum absolute atomic E-state index is 0.0159. The van der Waals surface area contributed by atoms with Crippen LogP contribution in [0.15, 0.2) is 70.7 Å². The van der Waals surface area contributed by atoms with Gasteiger partial charge in [-0.15, -0.1) is 0 Å². The van der Waals surface area contributed by atoms with Crippen LogP contribution < -0.4 is 14.4 Å². The predicted octanol–water partition coefficient (Wildman–Crippen LogP) is 6.52. The number of amides is 1. The van der Waals surface area contributed by atoms with Crippen molar-refractivity contribution in [3.05, 3.63) is 72.1 Å². The largest absolute Gasteiger partial charge is 0.501 e. The maximum absolute atomic E-state index is 13.5. The van der Waals surface area contributed by atoms with Gasteiger partial charge < -0.3 is 14.6 Å². The average Bonchev–Trinajstić information content (AvgIpc) is 3.44. The smallest absolute Gasteiger partial charge is 0.455 e. The van der Waals surface area contributed by atoms with Crippen LogP contribution in [0, 0.1) is 5.41 Å². The van der Waals surface area contributed by atoms with Crippen LogP contribution in [0.5, 0.6) is 11.5 Å². The molecule has 46 heavy (non-hydrogen) atoms. The number of nitrogens with zero attached hydrogens (tertiary/aromatic N) is 2. The maximum Gasteiger partial charge on any atom is 0.501 e. The molecule has 2 N–H and O–H groups in total. The zero-order chi connectivity index (χ0) is 33.7. The highest BCUT2D eigenvalue weighted by Gasteiger charge is 2.48. The third-order valence-corrected chi connectivity index (χ3v) is 10.9. The van der Waals surface area contributed by atoms with Crippen molar-refractivity contribution >= 4 is 42.5 Å². The van der Waals surface area contributed by atoms with Crippen LogP contribution in [0.25, 0.3) is 11.0 Å². The van der Waals surface area contributed by atoms with Gasteiger partial charge in [0.25, 0.3) is 25.8 Å². The van der Waals surface area contributed by atoms with Gasteiger partial charge in [0.15, 0.2) is 0 Å². The summed E-state index contributed by atoms with van der Waals surface area (Å²) in [5.74, 6) is -1.53. The number of piperidine rings is 1. The molecule has 0 aliphatic carbocycles. The molecule has 0 saturated carbocycles. The van der Waals surface area contributed by atoms with Gasteiger partial charge in [0.2, 0.25) is 0 Å². The lowest BCUT2D eigenvalue weighted by Crippen LogP contribution is -2.37. The number of ether oxygens (including phenoxy) is 1. The summed E-state index contributed by atoms with van der Waals surface area (Å²) in [6.45, 7) is 8.82. The first-order valence-corrected chi connectivity index (χ1v) is 17.4. The highest BCUT2D eigenvalue weighted by molar-refractivity contribution is 7.92. The molecular formula is C31H33F3N4O6S2. The van der Waals surface area contributed by atoms with Crippen LogP contribution in [0.3, 0.4) is 0 Å². The fourth-order valence-corrected chi connectivity index (χ4v) is 7.42. The molecule has 0 bridgehead atoms. The Kier molecular flexibility index (Phi) is 8.62. The Morgan fingerprint density at radius 3 is 2.37 bits per heavy atom. The van der Waals surface area contributed by atoms with Crippen molar-refractivity contribution in [2.45, 2.75) is 61.8 Å². The lowest BCUT2D eigenvalue weighted by molar-refractivity contribution is -0.0436. The van der Waals surface area contributed by atoms with Crippen molar-refractivity contribution in [2.75, 3.05) is 18.0 Å². The number of aromatic nitrogens is 2. The zero-order valence-corrected chi connectivity index (χ0v) is 27.1. The summed E-state index contributed by atoms with van der Waals surface area (Å²) >= 11 is 0. The van der Waals surface area contributed by atoms with Crippen molar-refractivity contribution in [1.82, 2.24) is 14.7 Å². The number of halogens is 3. The van der Waals surface area contributed by atoms with Gasteiger partial charge in [-0.05, 0) is 66.1 Å². The Morgan fingerprint density at radius 1 is 1.02 bits per heavy atom. The summed E-state index contributed by atoms with van der Waals surface area (Å²) in [5.41, 5.74) is -4.54. The van der Waals surface area contributed by atoms with Gasteiger partial charge >= 0.3 is 5.51 Å². The highest BCUT2D eigenvalue weighted by atomic mass is 32.2. The molecule has 0 spiro atoms. The van der Waals surface area contributed by atoms with Gasteiger partial charge in [0.05, 0.1) is 21.6 Å². The minimum Gasteiger partial charge on any atom is -0.455 e. The SMILES string of the molecule is CC(C)c1ccc(S(=O)(=O)NC(=O)c2ccc(N3CCC(C)(C)CC3)cc2Oc2cnc3[nH]ccc3c2)cc1S(=O)(=O)C(F)(F)F. The number of nitrogens with one attached hydrogen (secondary N) is 2. The second-order valence-electron chi connectivity index (χ2n) is 12.3. The molecule has 10 nitrogen and oxygen atoms in total. The molecule has 15 heteroatoms. The molecule has 4 aromatic rings. The Hall–Kier alpha value is -4.11. The minimum atomic E-state index is -5.90. The monoisotopic (exact) mass is 678 g/mol. The van der Waals surface area contributed by atoms with E-state index in [1.54, 1.807) is 30.5 Å². The summed E-state index contributed by atoms with van der Waals surface area (Å²) in [5, 5.41) is 0.731. The van der Waals surface area contributed by atoms with E-state index in [-0.39, 0.29) is 28.0 Å². The topological polar surface area (TPSA) is 139 Å². The Balaban J connectivity index is 1.51. The number of fused-ring (bicyclic) bond motifs is 1. The van der Waals surface area contributed by atoms with E-state index in [0.717, 1.165) is 49.1 Å². The molecule has 1 amide bonds. The Bertz CT molecular complexity index is 2010. The molecule has 0 radical (unpaired) electrons. The summed E-state index contributed by atoms with van der Waals surface area (Å²) in [7, 11) is -10.7. The van der Waals surface area contributed by atoms with Crippen molar-refractivity contribution in [2.24, 2.45) is 5.41 Å². The summed E-state index contributed by atoms with van der Waals surface area (Å²) in [4.78, 5) is 20.9. The van der Waals surface area contributed by atoms with Gasteiger partial charge in [-0.2, -0.15) is 13.2 Å². The van der Waals surface area contributed by atoms with Crippen molar-refractivity contribution < 1.29 is 39.5 Å². The number of alkyl halides is 3. The zero-order valence-electron chi connectivity index (χ0n) is 25.5. The molecule has 2 aromatic carbocycles. The highest BCUT2D eigenvalue weighted by Crippen LogP contribution is 2.38. The third kappa shape index (κ3) is 6.70. The normalized spacial score (nSPS) is 15.7. The van der Waals surface area contributed by atoms with E-state index in [1.165, 1.54) is 26.1 Å². The Labute approximate surface area is 264 Å². The third-order valence-electron chi connectivity index (χ3n) is 8.03. The van der Waals surface area contributed by atoms with Gasteiger partial charge in [-0.25, -0.2) is 26.5 Å². The number of sulfonamides is 1. The van der Waals surface area contributed by atoms with Crippen LogP contribution in [-0.2, 0) is 19.9 Å². The fraction of sp³-hybridized carbons (Fsp3) is 0.355. The summed E-state index contributed by atoms with van der Waals surface area (Å²) < 4.78 is 99.7. The number of H-pyrrole nitrogens is 1. The van der Waals surface area contributed by atoms with E-state index in [2.05, 4.69) is 28.7 Å². The number of hydrogen-bond acceptors (Lipinski definition) is 8. The second-order valence-corrected chi connectivity index (χ2v) is 15.9. The van der Waals surface area contributed by atoms with Gasteiger partial charge in [-0.1, -0.05) is 33.8 Å². The first kappa shape index (κ1) is 33.3. The van der Waals surface area contributed by atoms with Crippen LogP contribution in [-0.4, -0.2) is 51.3 Å². The number of benzene rings is 2. The number of pyridine rings is 1. The Morgan fingerprint density at radius 2 is 1.72 bits per heavy atom. The van der Waals surface area contributed by atoms with Gasteiger partial charge in [0.1, 0.15) is 17.1 Å². The average molecular weight is 679 g/mol. The molecule has 246 valence electrons. The number of aromatic amines is 1. The van der Waals surface area contributed by atoms with Gasteiger partial charge in [0, 0.05) is 36.4 Å². The van der Waals surface area contributed by atoms with E-state index in [1.807, 2.05) is 4.72 Å². The second kappa shape index (κ2) is 11.9. The van der Waals surface area contributed by atoms with E-state index in [0.29, 0.717) is 11.7 Å². The van der Waals surface area contributed by atoms with E-state index < -0.39 is 47.0 Å². The molecule has 0 unspecified atom stereocenters. The number of rotatable bonds is 8. The van der Waals surface area contributed by atoms with Gasteiger partial charge in [-0.3, -0.25) is 4.79 Å². The molecule has 1 saturated heterocycles. The van der Waals surface area contributed by atoms with Crippen molar-refractivity contribution in [3.8, 4) is 11.5 Å². The molecule has 1 aliphatic heterocycles. The number of anilines is 1. The molecule has 1 fully saturated rings. The molecule has 5 rings (SSSR count). The lowest BCUT2D eigenvalue weighted by Gasteiger charge is -2.38. The van der Waals surface area contributed by atoms with Crippen molar-refractivity contribution in [1.29, 1.82) is 0 Å².